The lowest BCUT2D eigenvalue weighted by Gasteiger charge is -2.22. The average Bonchev–Trinajstić information content (AvgIpc) is 2.79. The van der Waals surface area contributed by atoms with Crippen LogP contribution >= 0.6 is 0 Å². The first kappa shape index (κ1) is 12.6. The molecule has 96 valence electrons. The Balaban J connectivity index is 2.66. The number of aromatic nitrogens is 3. The van der Waals surface area contributed by atoms with E-state index in [0.29, 0.717) is 0 Å². The zero-order chi connectivity index (χ0) is 13.3. The van der Waals surface area contributed by atoms with Crippen molar-refractivity contribution in [3.8, 4) is 11.4 Å². The molecule has 1 aromatic heterocycles. The average molecular weight is 245 g/mol. The number of hydrogen-bond donors (Lipinski definition) is 0. The minimum absolute atomic E-state index is 0.0970. The van der Waals surface area contributed by atoms with E-state index in [-0.39, 0.29) is 5.41 Å². The number of ether oxygens (including phenoxy) is 1. The van der Waals surface area contributed by atoms with Crippen molar-refractivity contribution >= 4 is 0 Å². The first-order valence-corrected chi connectivity index (χ1v) is 5.97. The molecule has 0 spiro atoms. The van der Waals surface area contributed by atoms with E-state index in [9.17, 15) is 0 Å². The predicted molar refractivity (Wildman–Crippen MR) is 71.3 cm³/mol. The molecular formula is C14H19N3O. The van der Waals surface area contributed by atoms with Crippen molar-refractivity contribution in [3.63, 3.8) is 0 Å². The van der Waals surface area contributed by atoms with Crippen molar-refractivity contribution < 1.29 is 4.74 Å². The van der Waals surface area contributed by atoms with Crippen molar-refractivity contribution in [3.05, 3.63) is 35.9 Å². The van der Waals surface area contributed by atoms with E-state index in [1.54, 1.807) is 19.8 Å². The first-order chi connectivity index (χ1) is 8.43. The van der Waals surface area contributed by atoms with Crippen LogP contribution in [0.3, 0.4) is 0 Å². The summed E-state index contributed by atoms with van der Waals surface area (Å²) >= 11 is 0. The molecule has 0 N–H and O–H groups in total. The van der Waals surface area contributed by atoms with Gasteiger partial charge in [0.25, 0.3) is 0 Å². The van der Waals surface area contributed by atoms with Crippen LogP contribution in [0.1, 0.15) is 31.9 Å². The SMILES string of the molecule is COc1c(C)cc(C(C)(C)C)cc1-n1cnnc1. The van der Waals surface area contributed by atoms with Gasteiger partial charge in [0.05, 0.1) is 12.8 Å². The monoisotopic (exact) mass is 245 g/mol. The van der Waals surface area contributed by atoms with Gasteiger partial charge in [-0.05, 0) is 29.5 Å². The Hall–Kier alpha value is -1.84. The van der Waals surface area contributed by atoms with E-state index < -0.39 is 0 Å². The van der Waals surface area contributed by atoms with Crippen LogP contribution in [0.25, 0.3) is 5.69 Å². The summed E-state index contributed by atoms with van der Waals surface area (Å²) in [6, 6.07) is 4.31. The fourth-order valence-corrected chi connectivity index (χ4v) is 1.97. The van der Waals surface area contributed by atoms with Gasteiger partial charge < -0.3 is 4.74 Å². The Labute approximate surface area is 108 Å². The van der Waals surface area contributed by atoms with Crippen molar-refractivity contribution in [2.45, 2.75) is 33.1 Å². The Morgan fingerprint density at radius 1 is 1.11 bits per heavy atom. The molecule has 18 heavy (non-hydrogen) atoms. The van der Waals surface area contributed by atoms with Crippen molar-refractivity contribution in [2.75, 3.05) is 7.11 Å². The van der Waals surface area contributed by atoms with Gasteiger partial charge in [0, 0.05) is 0 Å². The molecule has 0 fully saturated rings. The number of hydrogen-bond acceptors (Lipinski definition) is 3. The highest BCUT2D eigenvalue weighted by Crippen LogP contribution is 2.33. The second kappa shape index (κ2) is 4.44. The molecular weight excluding hydrogens is 226 g/mol. The van der Waals surface area contributed by atoms with E-state index in [0.717, 1.165) is 17.0 Å². The number of rotatable bonds is 2. The van der Waals surface area contributed by atoms with Crippen molar-refractivity contribution in [1.29, 1.82) is 0 Å². The summed E-state index contributed by atoms with van der Waals surface area (Å²) in [5.41, 5.74) is 3.46. The molecule has 2 rings (SSSR count). The fraction of sp³-hybridized carbons (Fsp3) is 0.429. The Bertz CT molecular complexity index is 539. The largest absolute Gasteiger partial charge is 0.494 e. The first-order valence-electron chi connectivity index (χ1n) is 5.97. The normalized spacial score (nSPS) is 11.6. The van der Waals surface area contributed by atoms with Crippen LogP contribution in [-0.4, -0.2) is 21.9 Å². The molecule has 1 heterocycles. The zero-order valence-corrected chi connectivity index (χ0v) is 11.6. The van der Waals surface area contributed by atoms with Crippen LogP contribution in [0.5, 0.6) is 5.75 Å². The Morgan fingerprint density at radius 2 is 1.72 bits per heavy atom. The van der Waals surface area contributed by atoms with Gasteiger partial charge in [-0.25, -0.2) is 0 Å². The molecule has 0 aliphatic heterocycles. The molecule has 0 atom stereocenters. The van der Waals surface area contributed by atoms with Gasteiger partial charge in [-0.2, -0.15) is 0 Å². The number of nitrogens with zero attached hydrogens (tertiary/aromatic N) is 3. The lowest BCUT2D eigenvalue weighted by Crippen LogP contribution is -2.13. The van der Waals surface area contributed by atoms with Crippen LogP contribution < -0.4 is 4.74 Å². The van der Waals surface area contributed by atoms with Crippen molar-refractivity contribution in [1.82, 2.24) is 14.8 Å². The van der Waals surface area contributed by atoms with E-state index in [1.165, 1.54) is 5.56 Å². The summed E-state index contributed by atoms with van der Waals surface area (Å²) in [5, 5.41) is 7.71. The minimum atomic E-state index is 0.0970. The molecule has 4 nitrogen and oxygen atoms in total. The topological polar surface area (TPSA) is 39.9 Å². The second-order valence-electron chi connectivity index (χ2n) is 5.46. The maximum absolute atomic E-state index is 5.49. The Morgan fingerprint density at radius 3 is 2.22 bits per heavy atom. The molecule has 0 aliphatic carbocycles. The molecule has 0 unspecified atom stereocenters. The molecule has 0 saturated carbocycles. The summed E-state index contributed by atoms with van der Waals surface area (Å²) in [5.74, 6) is 0.864. The third-order valence-corrected chi connectivity index (χ3v) is 3.02. The fourth-order valence-electron chi connectivity index (χ4n) is 1.97. The van der Waals surface area contributed by atoms with E-state index in [4.69, 9.17) is 4.74 Å². The molecule has 4 heteroatoms. The summed E-state index contributed by atoms with van der Waals surface area (Å²) in [6.45, 7) is 8.65. The highest BCUT2D eigenvalue weighted by atomic mass is 16.5. The van der Waals surface area contributed by atoms with Gasteiger partial charge in [-0.1, -0.05) is 26.8 Å². The van der Waals surface area contributed by atoms with Crippen LogP contribution in [0.15, 0.2) is 24.8 Å². The summed E-state index contributed by atoms with van der Waals surface area (Å²) in [6.07, 6.45) is 3.37. The van der Waals surface area contributed by atoms with Crippen LogP contribution in [0.4, 0.5) is 0 Å². The summed E-state index contributed by atoms with van der Waals surface area (Å²) in [4.78, 5) is 0. The van der Waals surface area contributed by atoms with Crippen molar-refractivity contribution in [2.24, 2.45) is 0 Å². The standard InChI is InChI=1S/C14H19N3O/c1-10-6-11(14(2,3)4)7-12(13(10)18-5)17-8-15-16-9-17/h6-9H,1-5H3. The zero-order valence-electron chi connectivity index (χ0n) is 11.6. The highest BCUT2D eigenvalue weighted by molar-refractivity contribution is 5.55. The third kappa shape index (κ3) is 2.23. The van der Waals surface area contributed by atoms with E-state index >= 15 is 0 Å². The number of benzene rings is 1. The van der Waals surface area contributed by atoms with E-state index in [2.05, 4.69) is 50.0 Å². The van der Waals surface area contributed by atoms with Gasteiger partial charge >= 0.3 is 0 Å². The lowest BCUT2D eigenvalue weighted by molar-refractivity contribution is 0.409. The molecule has 0 radical (unpaired) electrons. The molecule has 1 aromatic carbocycles. The summed E-state index contributed by atoms with van der Waals surface area (Å²) in [7, 11) is 1.69. The number of aryl methyl sites for hydroxylation is 1. The van der Waals surface area contributed by atoms with Gasteiger partial charge in [-0.3, -0.25) is 4.57 Å². The molecule has 0 saturated heterocycles. The number of methoxy groups -OCH3 is 1. The minimum Gasteiger partial charge on any atom is -0.494 e. The van der Waals surface area contributed by atoms with Gasteiger partial charge in [0.15, 0.2) is 0 Å². The summed E-state index contributed by atoms with van der Waals surface area (Å²) < 4.78 is 7.37. The van der Waals surface area contributed by atoms with Gasteiger partial charge in [0.2, 0.25) is 0 Å². The van der Waals surface area contributed by atoms with Crippen LogP contribution in [0.2, 0.25) is 0 Å². The maximum atomic E-state index is 5.49. The quantitative estimate of drug-likeness (QED) is 0.816. The van der Waals surface area contributed by atoms with Gasteiger partial charge in [-0.15, -0.1) is 10.2 Å². The molecule has 0 aliphatic rings. The molecule has 0 amide bonds. The maximum Gasteiger partial charge on any atom is 0.145 e. The second-order valence-corrected chi connectivity index (χ2v) is 5.46. The van der Waals surface area contributed by atoms with Gasteiger partial charge in [0.1, 0.15) is 18.4 Å². The molecule has 2 aromatic rings. The third-order valence-electron chi connectivity index (χ3n) is 3.02. The van der Waals surface area contributed by atoms with Crippen LogP contribution in [-0.2, 0) is 5.41 Å². The van der Waals surface area contributed by atoms with E-state index in [1.807, 2.05) is 4.57 Å². The van der Waals surface area contributed by atoms with Crippen LogP contribution in [0, 0.1) is 6.92 Å². The predicted octanol–water partition coefficient (Wildman–Crippen LogP) is 2.88. The molecule has 0 bridgehead atoms. The smallest absolute Gasteiger partial charge is 0.145 e. The highest BCUT2D eigenvalue weighted by Gasteiger charge is 2.18. The Kier molecular flexibility index (Phi) is 3.11. The lowest BCUT2D eigenvalue weighted by atomic mass is 9.85.